The Morgan fingerprint density at radius 3 is 2.62 bits per heavy atom. The van der Waals surface area contributed by atoms with Crippen molar-refractivity contribution in [2.45, 2.75) is 50.5 Å². The first kappa shape index (κ1) is 20.2. The lowest BCUT2D eigenvalue weighted by Crippen LogP contribution is -2.46. The van der Waals surface area contributed by atoms with Crippen molar-refractivity contribution in [3.05, 3.63) is 17.7 Å². The van der Waals surface area contributed by atoms with Crippen molar-refractivity contribution in [3.63, 3.8) is 0 Å². The Hall–Kier alpha value is -2.13. The highest BCUT2D eigenvalue weighted by Crippen LogP contribution is 2.36. The lowest BCUT2D eigenvalue weighted by atomic mass is 9.98. The van der Waals surface area contributed by atoms with Gasteiger partial charge in [0.1, 0.15) is 5.75 Å². The zero-order valence-corrected chi connectivity index (χ0v) is 17.6. The Bertz CT molecular complexity index is 940. The molecule has 0 bridgehead atoms. The van der Waals surface area contributed by atoms with Gasteiger partial charge in [-0.1, -0.05) is 0 Å². The molecule has 9 heteroatoms. The van der Waals surface area contributed by atoms with Gasteiger partial charge in [-0.05, 0) is 51.2 Å². The minimum absolute atomic E-state index is 0.0735. The number of carbonyl (C=O) groups excluding carboxylic acids is 2. The van der Waals surface area contributed by atoms with Gasteiger partial charge in [0.15, 0.2) is 6.10 Å². The molecule has 1 aromatic carbocycles. The quantitative estimate of drug-likeness (QED) is 0.802. The molecular weight excluding hydrogens is 394 g/mol. The van der Waals surface area contributed by atoms with Gasteiger partial charge >= 0.3 is 0 Å². The molecule has 8 nitrogen and oxygen atoms in total. The number of hydrogen-bond donors (Lipinski definition) is 1. The Kier molecular flexibility index (Phi) is 5.29. The highest BCUT2D eigenvalue weighted by Gasteiger charge is 2.37. The van der Waals surface area contributed by atoms with Crippen molar-refractivity contribution in [1.82, 2.24) is 9.21 Å². The molecule has 1 aromatic rings. The molecule has 3 heterocycles. The molecule has 3 aliphatic rings. The predicted molar refractivity (Wildman–Crippen MR) is 107 cm³/mol. The summed E-state index contributed by atoms with van der Waals surface area (Å²) in [6, 6.07) is 3.12. The molecule has 0 spiro atoms. The first-order chi connectivity index (χ1) is 13.8. The third kappa shape index (κ3) is 3.73. The van der Waals surface area contributed by atoms with Gasteiger partial charge in [0.05, 0.1) is 16.5 Å². The monoisotopic (exact) mass is 421 g/mol. The highest BCUT2D eigenvalue weighted by molar-refractivity contribution is 7.89. The summed E-state index contributed by atoms with van der Waals surface area (Å²) in [5.74, 6) is -0.121. The van der Waals surface area contributed by atoms with Crippen LogP contribution in [0.15, 0.2) is 17.0 Å². The van der Waals surface area contributed by atoms with Crippen molar-refractivity contribution < 1.29 is 22.7 Å². The number of anilines is 1. The van der Waals surface area contributed by atoms with Crippen molar-refractivity contribution in [3.8, 4) is 5.75 Å². The molecule has 0 aromatic heterocycles. The molecule has 2 atom stereocenters. The molecule has 0 radical (unpaired) electrons. The van der Waals surface area contributed by atoms with Gasteiger partial charge < -0.3 is 15.0 Å². The molecule has 0 unspecified atom stereocenters. The molecule has 0 saturated carbocycles. The second-order valence-electron chi connectivity index (χ2n) is 8.10. The van der Waals surface area contributed by atoms with E-state index >= 15 is 0 Å². The molecule has 1 N–H and O–H groups in total. The van der Waals surface area contributed by atoms with E-state index in [2.05, 4.69) is 5.32 Å². The summed E-state index contributed by atoms with van der Waals surface area (Å²) in [6.45, 7) is 5.47. The van der Waals surface area contributed by atoms with Crippen LogP contribution in [-0.4, -0.2) is 61.7 Å². The van der Waals surface area contributed by atoms with Crippen LogP contribution in [-0.2, 0) is 19.6 Å². The third-order valence-electron chi connectivity index (χ3n) is 5.98. The summed E-state index contributed by atoms with van der Waals surface area (Å²) in [6.07, 6.45) is 2.74. The van der Waals surface area contributed by atoms with Crippen molar-refractivity contribution >= 4 is 27.5 Å². The average molecular weight is 422 g/mol. The van der Waals surface area contributed by atoms with Gasteiger partial charge in [0, 0.05) is 32.2 Å². The Balaban J connectivity index is 1.58. The van der Waals surface area contributed by atoms with E-state index in [4.69, 9.17) is 4.74 Å². The topological polar surface area (TPSA) is 96.0 Å². The maximum Gasteiger partial charge on any atom is 0.265 e. The van der Waals surface area contributed by atoms with Crippen LogP contribution in [0, 0.1) is 12.8 Å². The summed E-state index contributed by atoms with van der Waals surface area (Å²) < 4.78 is 33.8. The molecule has 4 rings (SSSR count). The zero-order chi connectivity index (χ0) is 20.8. The van der Waals surface area contributed by atoms with E-state index in [0.29, 0.717) is 30.0 Å². The summed E-state index contributed by atoms with van der Waals surface area (Å²) >= 11 is 0. The molecule has 158 valence electrons. The summed E-state index contributed by atoms with van der Waals surface area (Å²) in [7, 11) is -3.78. The normalized spacial score (nSPS) is 25.3. The van der Waals surface area contributed by atoms with E-state index in [0.717, 1.165) is 32.4 Å². The van der Waals surface area contributed by atoms with Crippen LogP contribution in [0.25, 0.3) is 0 Å². The Morgan fingerprint density at radius 1 is 1.17 bits per heavy atom. The second kappa shape index (κ2) is 7.60. The van der Waals surface area contributed by atoms with E-state index in [1.165, 1.54) is 10.4 Å². The van der Waals surface area contributed by atoms with Gasteiger partial charge in [-0.15, -0.1) is 0 Å². The Labute approximate surface area is 171 Å². The number of nitrogens with zero attached hydrogens (tertiary/aromatic N) is 2. The maximum absolute atomic E-state index is 13.4. The van der Waals surface area contributed by atoms with E-state index < -0.39 is 16.1 Å². The fourth-order valence-corrected chi connectivity index (χ4v) is 6.06. The number of carbonyl (C=O) groups is 2. The van der Waals surface area contributed by atoms with Crippen LogP contribution in [0.5, 0.6) is 5.75 Å². The second-order valence-corrected chi connectivity index (χ2v) is 10.0. The molecule has 2 fully saturated rings. The number of nitrogens with one attached hydrogen (secondary N) is 1. The van der Waals surface area contributed by atoms with Crippen LogP contribution >= 0.6 is 0 Å². The summed E-state index contributed by atoms with van der Waals surface area (Å²) in [4.78, 5) is 26.6. The smallest absolute Gasteiger partial charge is 0.265 e. The number of benzene rings is 1. The minimum atomic E-state index is -3.78. The van der Waals surface area contributed by atoms with Crippen LogP contribution in [0.4, 0.5) is 5.69 Å². The molecule has 0 aliphatic carbocycles. The lowest BCUT2D eigenvalue weighted by Gasteiger charge is -2.33. The first-order valence-corrected chi connectivity index (χ1v) is 11.6. The largest absolute Gasteiger partial charge is 0.479 e. The summed E-state index contributed by atoms with van der Waals surface area (Å²) in [5, 5.41) is 2.74. The molecule has 29 heavy (non-hydrogen) atoms. The van der Waals surface area contributed by atoms with Crippen LogP contribution < -0.4 is 10.1 Å². The minimum Gasteiger partial charge on any atom is -0.479 e. The van der Waals surface area contributed by atoms with Crippen molar-refractivity contribution in [2.24, 2.45) is 5.92 Å². The molecule has 2 amide bonds. The van der Waals surface area contributed by atoms with Gasteiger partial charge in [0.25, 0.3) is 5.91 Å². The van der Waals surface area contributed by atoms with Crippen LogP contribution in [0.2, 0.25) is 0 Å². The number of ether oxygens (including phenoxy) is 1. The summed E-state index contributed by atoms with van der Waals surface area (Å²) in [5.41, 5.74) is 1.01. The third-order valence-corrected chi connectivity index (χ3v) is 7.98. The van der Waals surface area contributed by atoms with E-state index in [1.807, 2.05) is 4.90 Å². The average Bonchev–Trinajstić information content (AvgIpc) is 3.23. The number of hydrogen-bond acceptors (Lipinski definition) is 5. The highest BCUT2D eigenvalue weighted by atomic mass is 32.2. The molecular formula is C20H27N3O5S. The van der Waals surface area contributed by atoms with Crippen molar-refractivity contribution in [1.29, 1.82) is 0 Å². The molecule has 2 saturated heterocycles. The molecule has 3 aliphatic heterocycles. The lowest BCUT2D eigenvalue weighted by molar-refractivity contribution is -0.135. The maximum atomic E-state index is 13.4. The number of rotatable bonds is 3. The van der Waals surface area contributed by atoms with E-state index in [9.17, 15) is 18.0 Å². The number of aryl methyl sites for hydroxylation is 1. The number of piperidine rings is 1. The number of fused-ring (bicyclic) bond motifs is 1. The first-order valence-electron chi connectivity index (χ1n) is 10.2. The van der Waals surface area contributed by atoms with Gasteiger partial charge in [-0.3, -0.25) is 9.59 Å². The number of likely N-dealkylation sites (tertiary alicyclic amines) is 1. The number of amides is 2. The van der Waals surface area contributed by atoms with Gasteiger partial charge in [-0.25, -0.2) is 8.42 Å². The van der Waals surface area contributed by atoms with E-state index in [-0.39, 0.29) is 29.2 Å². The van der Waals surface area contributed by atoms with Crippen molar-refractivity contribution in [2.75, 3.05) is 31.5 Å². The predicted octanol–water partition coefficient (Wildman–Crippen LogP) is 1.74. The van der Waals surface area contributed by atoms with E-state index in [1.54, 1.807) is 19.9 Å². The fraction of sp³-hybridized carbons (Fsp3) is 0.600. The Morgan fingerprint density at radius 2 is 1.90 bits per heavy atom. The fourth-order valence-electron chi connectivity index (χ4n) is 4.32. The number of sulfonamides is 1. The van der Waals surface area contributed by atoms with Gasteiger partial charge in [0.2, 0.25) is 15.9 Å². The van der Waals surface area contributed by atoms with Crippen LogP contribution in [0.3, 0.4) is 0 Å². The zero-order valence-electron chi connectivity index (χ0n) is 16.8. The van der Waals surface area contributed by atoms with Gasteiger partial charge in [-0.2, -0.15) is 4.31 Å². The SMILES string of the molecule is Cc1cc2c(cc1S(=O)(=O)N1CCC[C@@H](C(=O)N3CCCC3)C1)O[C@H](C)C(=O)N2. The van der Waals surface area contributed by atoms with Crippen LogP contribution in [0.1, 0.15) is 38.2 Å². The standard InChI is InChI=1S/C20H27N3O5S/c1-13-10-16-17(28-14(2)19(24)21-16)11-18(13)29(26,27)23-9-5-6-15(12-23)20(25)22-7-3-4-8-22/h10-11,14-15H,3-9,12H2,1-2H3,(H,21,24)/t14-,15-/m1/s1.